The summed E-state index contributed by atoms with van der Waals surface area (Å²) in [5.41, 5.74) is 34.0. The summed E-state index contributed by atoms with van der Waals surface area (Å²) in [5, 5.41) is 11.3. The maximum atomic E-state index is 14.2. The molecule has 1 aliphatic rings. The number of aryl methyl sites for hydroxylation is 11. The minimum Gasteiger partial charge on any atom is -0.238 e. The molecule has 0 radical (unpaired) electrons. The molecule has 5 heterocycles. The minimum absolute atomic E-state index is 0.105. The zero-order valence-corrected chi connectivity index (χ0v) is 74.0. The lowest BCUT2D eigenvalue weighted by Gasteiger charge is -2.22. The van der Waals surface area contributed by atoms with E-state index in [4.69, 9.17) is 32.9 Å². The van der Waals surface area contributed by atoms with Crippen LogP contribution in [0, 0.1) is 122 Å². The van der Waals surface area contributed by atoms with Crippen molar-refractivity contribution in [3.63, 3.8) is 0 Å². The minimum atomic E-state index is -0.135. The van der Waals surface area contributed by atoms with Crippen molar-refractivity contribution < 1.29 is 27.2 Å². The molecular formula is C109H110FN10+5. The Balaban J connectivity index is 0.000000138. The van der Waals surface area contributed by atoms with Gasteiger partial charge in [0.15, 0.2) is 59.4 Å². The van der Waals surface area contributed by atoms with Crippen LogP contribution in [-0.4, -0.2) is 0 Å². The van der Waals surface area contributed by atoms with Gasteiger partial charge in [-0.15, -0.1) is 0 Å². The molecule has 10 nitrogen and oxygen atoms in total. The van der Waals surface area contributed by atoms with Crippen LogP contribution >= 0.6 is 0 Å². The van der Waals surface area contributed by atoms with Crippen molar-refractivity contribution in [2.75, 3.05) is 0 Å². The Morgan fingerprint density at radius 3 is 0.958 bits per heavy atom. The second-order valence-corrected chi connectivity index (χ2v) is 34.2. The lowest BCUT2D eigenvalue weighted by atomic mass is 9.83. The first-order valence-electron chi connectivity index (χ1n) is 41.4. The van der Waals surface area contributed by atoms with E-state index in [0.717, 1.165) is 49.1 Å². The molecule has 598 valence electrons. The maximum Gasteiger partial charge on any atom is 0.220 e. The molecule has 0 bridgehead atoms. The first kappa shape index (κ1) is 86.0. The third-order valence-corrected chi connectivity index (χ3v) is 24.7. The summed E-state index contributed by atoms with van der Waals surface area (Å²) < 4.78 is 25.0. The largest absolute Gasteiger partial charge is 0.238 e. The van der Waals surface area contributed by atoms with Crippen LogP contribution in [0.5, 0.6) is 0 Å². The summed E-state index contributed by atoms with van der Waals surface area (Å²) in [7, 11) is 10.4. The average Bonchev–Trinajstić information content (AvgIpc) is 0.928. The summed E-state index contributed by atoms with van der Waals surface area (Å²) in [6, 6.07) is 60.4. The SMILES string of the molecule is [C-]#[N+]c1ccc2c(-c3cc(C(C)(C)C)cc(C)c3C)[n+](C)ccc2c1.[C-]#[N+]c1ccc2c(-c3cc(C(C)C)cc(C)c3C)[n+](C)ccc2c1.[C-]#[N+]c1ccc2c(-c3cc(C)c(F)c(C)c3C)[n+](C)ccc2c1.[C-]#[N+]c1ccc2c(-c3cc(C)cc(C)c3C)[n+](C)ccc2c1.[C-]#[N+]c1ccc2c(-c3cc(C4CCCC4)cc(C)c3C)[n+](C)ccc2c1. The molecular weight excluding hydrogens is 1470 g/mol. The molecule has 120 heavy (non-hydrogen) atoms. The van der Waals surface area contributed by atoms with E-state index >= 15 is 0 Å². The third-order valence-electron chi connectivity index (χ3n) is 24.7. The summed E-state index contributed by atoms with van der Waals surface area (Å²) in [6.07, 6.45) is 15.7. The monoisotopic (exact) mass is 1580 g/mol. The maximum absolute atomic E-state index is 14.2. The Kier molecular flexibility index (Phi) is 25.7. The van der Waals surface area contributed by atoms with Crippen LogP contribution in [0.3, 0.4) is 0 Å². The van der Waals surface area contributed by atoms with Gasteiger partial charge in [0.05, 0.1) is 87.6 Å². The molecule has 0 unspecified atom stereocenters. The average molecular weight is 1580 g/mol. The number of benzene rings is 10. The predicted octanol–water partition coefficient (Wildman–Crippen LogP) is 27.3. The normalized spacial score (nSPS) is 11.8. The molecule has 16 rings (SSSR count). The van der Waals surface area contributed by atoms with E-state index < -0.39 is 0 Å². The number of halogens is 1. The Morgan fingerprint density at radius 2 is 0.625 bits per heavy atom. The second kappa shape index (κ2) is 35.8. The van der Waals surface area contributed by atoms with E-state index in [1.165, 1.54) is 159 Å². The van der Waals surface area contributed by atoms with E-state index in [1.807, 2.05) is 106 Å². The molecule has 0 saturated heterocycles. The quantitative estimate of drug-likeness (QED) is 0.113. The number of rotatable bonds is 7. The van der Waals surface area contributed by atoms with Crippen LogP contribution in [0.25, 0.3) is 134 Å². The summed E-state index contributed by atoms with van der Waals surface area (Å²) in [6.45, 7) is 72.7. The van der Waals surface area contributed by atoms with Crippen LogP contribution in [0.4, 0.5) is 32.8 Å². The fraction of sp³-hybridized carbons (Fsp3) is 0.266. The topological polar surface area (TPSA) is 41.2 Å². The highest BCUT2D eigenvalue weighted by Crippen LogP contribution is 2.42. The van der Waals surface area contributed by atoms with Crippen molar-refractivity contribution in [1.82, 2.24) is 0 Å². The first-order chi connectivity index (χ1) is 57.2. The Hall–Kier alpha value is -13.4. The molecule has 10 aromatic carbocycles. The van der Waals surface area contributed by atoms with E-state index in [2.05, 4.69) is 294 Å². The number of hydrogen-bond donors (Lipinski definition) is 0. The molecule has 0 atom stereocenters. The highest BCUT2D eigenvalue weighted by Gasteiger charge is 2.28. The van der Waals surface area contributed by atoms with Gasteiger partial charge in [-0.3, -0.25) is 0 Å². The highest BCUT2D eigenvalue weighted by atomic mass is 19.1. The standard InChI is InChI=1S/C24H25N2.C23H25N2.C22H23N2.C20H18FN2.C20H19N2/c1-16-13-20(18-7-5-6-8-18)15-23(17(16)2)24-22-10-9-21(25-3)14-19(22)11-12-26(24)4;1-15-12-18(23(3,4)5)14-21(16(15)2)22-20-9-8-19(24-6)13-17(20)10-11-25(22)7;1-14(2)18-11-15(3)16(4)21(13-18)22-20-8-7-19(23-5)12-17(20)9-10-24(22)6;1-12-10-18(13(2)14(3)19(12)21)20-17-7-6-16(22-4)11-15(17)8-9-23(20)5;1-13-10-14(2)15(3)19(11-13)20-18-7-6-17(21-4)12-16(18)8-9-22(20)5/h9-15,18H,5-8H2,1-2,4H3;8-14H,1-5,7H3;7-14H,1-4,6H3;6-11H,1-3,5H3;6-12H,1-3,5H3/q5*+1. The summed E-state index contributed by atoms with van der Waals surface area (Å²) in [4.78, 5) is 17.7. The molecule has 15 aromatic rings. The first-order valence-corrected chi connectivity index (χ1v) is 41.4. The molecule has 1 saturated carbocycles. The van der Waals surface area contributed by atoms with Gasteiger partial charge in [-0.2, -0.15) is 0 Å². The van der Waals surface area contributed by atoms with Gasteiger partial charge in [0, 0.05) is 30.3 Å². The molecule has 0 aliphatic heterocycles. The molecule has 1 fully saturated rings. The number of aromatic nitrogens is 5. The van der Waals surface area contributed by atoms with Crippen molar-refractivity contribution in [3.8, 4) is 56.3 Å². The highest BCUT2D eigenvalue weighted by molar-refractivity contribution is 6.00. The molecule has 0 spiro atoms. The number of hydrogen-bond acceptors (Lipinski definition) is 0. The van der Waals surface area contributed by atoms with Gasteiger partial charge in [0.1, 0.15) is 41.1 Å². The van der Waals surface area contributed by atoms with Crippen molar-refractivity contribution >= 4 is 82.3 Å². The van der Waals surface area contributed by atoms with E-state index in [0.29, 0.717) is 51.4 Å². The van der Waals surface area contributed by atoms with Crippen LogP contribution in [0.1, 0.15) is 156 Å². The van der Waals surface area contributed by atoms with E-state index in [1.54, 1.807) is 6.92 Å². The van der Waals surface area contributed by atoms with Crippen molar-refractivity contribution in [1.29, 1.82) is 0 Å². The van der Waals surface area contributed by atoms with Crippen LogP contribution in [0.2, 0.25) is 0 Å². The van der Waals surface area contributed by atoms with Gasteiger partial charge in [-0.25, -0.2) is 51.5 Å². The molecule has 5 aromatic heterocycles. The summed E-state index contributed by atoms with van der Waals surface area (Å²) >= 11 is 0. The van der Waals surface area contributed by atoms with Gasteiger partial charge in [-0.05, 0) is 279 Å². The van der Waals surface area contributed by atoms with Crippen LogP contribution < -0.4 is 22.8 Å². The zero-order valence-electron chi connectivity index (χ0n) is 74.0. The number of fused-ring (bicyclic) bond motifs is 5. The van der Waals surface area contributed by atoms with Gasteiger partial charge < -0.3 is 0 Å². The van der Waals surface area contributed by atoms with Crippen molar-refractivity contribution in [2.45, 2.75) is 161 Å². The molecule has 0 N–H and O–H groups in total. The van der Waals surface area contributed by atoms with Crippen LogP contribution in [0.15, 0.2) is 207 Å². The lowest BCUT2D eigenvalue weighted by Crippen LogP contribution is -2.31. The van der Waals surface area contributed by atoms with E-state index in [-0.39, 0.29) is 11.2 Å². The van der Waals surface area contributed by atoms with Gasteiger partial charge in [-0.1, -0.05) is 138 Å². The second-order valence-electron chi connectivity index (χ2n) is 34.2. The summed E-state index contributed by atoms with van der Waals surface area (Å²) in [5.74, 6) is 1.07. The van der Waals surface area contributed by atoms with Gasteiger partial charge >= 0.3 is 0 Å². The smallest absolute Gasteiger partial charge is 0.220 e. The number of nitrogens with zero attached hydrogens (tertiary/aromatic N) is 10. The van der Waals surface area contributed by atoms with Gasteiger partial charge in [0.2, 0.25) is 28.5 Å². The van der Waals surface area contributed by atoms with Crippen molar-refractivity contribution in [3.05, 3.63) is 353 Å². The van der Waals surface area contributed by atoms with Gasteiger partial charge in [0.25, 0.3) is 0 Å². The van der Waals surface area contributed by atoms with E-state index in [9.17, 15) is 4.39 Å². The fourth-order valence-corrected chi connectivity index (χ4v) is 17.0. The number of pyridine rings is 5. The Morgan fingerprint density at radius 1 is 0.325 bits per heavy atom. The van der Waals surface area contributed by atoms with Crippen LogP contribution in [-0.2, 0) is 40.7 Å². The fourth-order valence-electron chi connectivity index (χ4n) is 17.0. The van der Waals surface area contributed by atoms with Crippen molar-refractivity contribution in [2.24, 2.45) is 35.2 Å². The Bertz CT molecular complexity index is 6850. The molecule has 1 aliphatic carbocycles. The predicted molar refractivity (Wildman–Crippen MR) is 495 cm³/mol. The Labute approximate surface area is 710 Å². The zero-order chi connectivity index (χ0) is 86.6. The molecule has 11 heteroatoms. The molecule has 0 amide bonds. The third kappa shape index (κ3) is 17.7. The lowest BCUT2D eigenvalue weighted by molar-refractivity contribution is -0.659.